The molecule has 0 amide bonds. The third kappa shape index (κ3) is 4.71. The lowest BCUT2D eigenvalue weighted by Crippen LogP contribution is -2.44. The average Bonchev–Trinajstić information content (AvgIpc) is 2.97. The van der Waals surface area contributed by atoms with Crippen molar-refractivity contribution in [3.63, 3.8) is 0 Å². The van der Waals surface area contributed by atoms with Gasteiger partial charge in [0.05, 0.1) is 0 Å². The summed E-state index contributed by atoms with van der Waals surface area (Å²) in [6.07, 6.45) is 7.08. The van der Waals surface area contributed by atoms with E-state index in [9.17, 15) is 0 Å². The van der Waals surface area contributed by atoms with Crippen molar-refractivity contribution < 1.29 is 0 Å². The van der Waals surface area contributed by atoms with Crippen molar-refractivity contribution in [1.29, 1.82) is 0 Å². The quantitative estimate of drug-likeness (QED) is 0.773. The van der Waals surface area contributed by atoms with Crippen LogP contribution in [0.25, 0.3) is 0 Å². The van der Waals surface area contributed by atoms with Crippen LogP contribution >= 0.6 is 0 Å². The summed E-state index contributed by atoms with van der Waals surface area (Å²) in [5, 5.41) is 3.70. The van der Waals surface area contributed by atoms with Crippen LogP contribution in [-0.4, -0.2) is 62.7 Å². The van der Waals surface area contributed by atoms with Gasteiger partial charge in [-0.1, -0.05) is 26.7 Å². The van der Waals surface area contributed by atoms with Crippen molar-refractivity contribution in [2.45, 2.75) is 52.0 Å². The van der Waals surface area contributed by atoms with Crippen LogP contribution < -0.4 is 5.32 Å². The highest BCUT2D eigenvalue weighted by Gasteiger charge is 2.35. The Bertz CT molecular complexity index is 284. The van der Waals surface area contributed by atoms with Crippen LogP contribution in [0.3, 0.4) is 0 Å². The molecule has 3 heteroatoms. The molecule has 2 rings (SSSR count). The lowest BCUT2D eigenvalue weighted by Gasteiger charge is -2.35. The van der Waals surface area contributed by atoms with Crippen LogP contribution in [-0.2, 0) is 0 Å². The van der Waals surface area contributed by atoms with Gasteiger partial charge >= 0.3 is 0 Å². The van der Waals surface area contributed by atoms with Gasteiger partial charge in [-0.15, -0.1) is 0 Å². The molecule has 2 fully saturated rings. The molecule has 0 aromatic rings. The van der Waals surface area contributed by atoms with E-state index in [0.717, 1.165) is 5.92 Å². The molecule has 3 nitrogen and oxygen atoms in total. The fourth-order valence-electron chi connectivity index (χ4n) is 4.19. The summed E-state index contributed by atoms with van der Waals surface area (Å²) in [7, 11) is 4.60. The maximum absolute atomic E-state index is 3.70. The molecule has 1 atom stereocenters. The van der Waals surface area contributed by atoms with Gasteiger partial charge in [-0.3, -0.25) is 0 Å². The van der Waals surface area contributed by atoms with E-state index in [1.165, 1.54) is 64.8 Å². The van der Waals surface area contributed by atoms with Gasteiger partial charge in [-0.05, 0) is 51.2 Å². The second kappa shape index (κ2) is 7.24. The highest BCUT2D eigenvalue weighted by atomic mass is 15.2. The molecule has 0 bridgehead atoms. The molecule has 1 N–H and O–H groups in total. The van der Waals surface area contributed by atoms with E-state index in [4.69, 9.17) is 0 Å². The molecule has 1 heterocycles. The predicted molar refractivity (Wildman–Crippen MR) is 87.1 cm³/mol. The summed E-state index contributed by atoms with van der Waals surface area (Å²) in [4.78, 5) is 5.10. The Balaban J connectivity index is 1.81. The molecule has 0 radical (unpaired) electrons. The third-order valence-corrected chi connectivity index (χ3v) is 5.21. The topological polar surface area (TPSA) is 18.5 Å². The first-order chi connectivity index (χ1) is 9.49. The Kier molecular flexibility index (Phi) is 5.88. The zero-order valence-corrected chi connectivity index (χ0v) is 14.1. The van der Waals surface area contributed by atoms with E-state index in [2.05, 4.69) is 43.1 Å². The van der Waals surface area contributed by atoms with Crippen LogP contribution in [0.15, 0.2) is 0 Å². The Labute approximate surface area is 126 Å². The van der Waals surface area contributed by atoms with Gasteiger partial charge in [0.1, 0.15) is 0 Å². The second-order valence-corrected chi connectivity index (χ2v) is 7.86. The van der Waals surface area contributed by atoms with Crippen molar-refractivity contribution in [1.82, 2.24) is 15.1 Å². The molecule has 1 unspecified atom stereocenters. The lowest BCUT2D eigenvalue weighted by molar-refractivity contribution is 0.154. The molecule has 0 spiro atoms. The summed E-state index contributed by atoms with van der Waals surface area (Å²) in [5.41, 5.74) is 0.545. The van der Waals surface area contributed by atoms with Crippen molar-refractivity contribution in [3.8, 4) is 0 Å². The zero-order valence-electron chi connectivity index (χ0n) is 14.1. The SMILES string of the molecule is CC(C)NCC1(CN(C)CC2CCN(C)C2)CCCC1. The molecule has 1 saturated carbocycles. The highest BCUT2D eigenvalue weighted by molar-refractivity contribution is 4.90. The number of hydrogen-bond donors (Lipinski definition) is 1. The molecular weight excluding hydrogens is 246 g/mol. The third-order valence-electron chi connectivity index (χ3n) is 5.21. The summed E-state index contributed by atoms with van der Waals surface area (Å²) in [5.74, 6) is 0.890. The fourth-order valence-corrected chi connectivity index (χ4v) is 4.19. The number of nitrogens with one attached hydrogen (secondary N) is 1. The van der Waals surface area contributed by atoms with Gasteiger partial charge in [0.15, 0.2) is 0 Å². The van der Waals surface area contributed by atoms with E-state index in [1.807, 2.05) is 0 Å². The zero-order chi connectivity index (χ0) is 14.6. The van der Waals surface area contributed by atoms with E-state index in [0.29, 0.717) is 11.5 Å². The molecule has 2 aliphatic rings. The molecule has 0 aromatic carbocycles. The van der Waals surface area contributed by atoms with Gasteiger partial charge in [0.2, 0.25) is 0 Å². The molecule has 0 aromatic heterocycles. The van der Waals surface area contributed by atoms with Crippen LogP contribution in [0, 0.1) is 11.3 Å². The van der Waals surface area contributed by atoms with Gasteiger partial charge in [-0.25, -0.2) is 0 Å². The smallest absolute Gasteiger partial charge is 0.00472 e. The number of hydrogen-bond acceptors (Lipinski definition) is 3. The van der Waals surface area contributed by atoms with Crippen molar-refractivity contribution in [3.05, 3.63) is 0 Å². The Morgan fingerprint density at radius 1 is 1.30 bits per heavy atom. The minimum Gasteiger partial charge on any atom is -0.314 e. The maximum atomic E-state index is 3.70. The van der Waals surface area contributed by atoms with Gasteiger partial charge < -0.3 is 15.1 Å². The average molecular weight is 281 g/mol. The Hall–Kier alpha value is -0.120. The highest BCUT2D eigenvalue weighted by Crippen LogP contribution is 2.38. The fraction of sp³-hybridized carbons (Fsp3) is 1.00. The summed E-state index contributed by atoms with van der Waals surface area (Å²) < 4.78 is 0. The first kappa shape index (κ1) is 16.3. The van der Waals surface area contributed by atoms with Crippen LogP contribution in [0.2, 0.25) is 0 Å². The van der Waals surface area contributed by atoms with E-state index < -0.39 is 0 Å². The number of rotatable bonds is 7. The summed E-state index contributed by atoms with van der Waals surface area (Å²) >= 11 is 0. The van der Waals surface area contributed by atoms with E-state index in [-0.39, 0.29) is 0 Å². The first-order valence-corrected chi connectivity index (χ1v) is 8.60. The van der Waals surface area contributed by atoms with E-state index in [1.54, 1.807) is 0 Å². The maximum Gasteiger partial charge on any atom is 0.00472 e. The molecular formula is C17H35N3. The summed E-state index contributed by atoms with van der Waals surface area (Å²) in [6, 6.07) is 0.612. The standard InChI is InChI=1S/C17H35N3/c1-15(2)18-13-17(8-5-6-9-17)14-20(4)12-16-7-10-19(3)11-16/h15-16,18H,5-14H2,1-4H3. The first-order valence-electron chi connectivity index (χ1n) is 8.60. The largest absolute Gasteiger partial charge is 0.314 e. The summed E-state index contributed by atoms with van der Waals surface area (Å²) in [6.45, 7) is 10.9. The minimum atomic E-state index is 0.545. The molecule has 118 valence electrons. The molecule has 20 heavy (non-hydrogen) atoms. The van der Waals surface area contributed by atoms with Crippen molar-refractivity contribution in [2.24, 2.45) is 11.3 Å². The van der Waals surface area contributed by atoms with Crippen LogP contribution in [0.1, 0.15) is 46.0 Å². The van der Waals surface area contributed by atoms with Crippen molar-refractivity contribution in [2.75, 3.05) is 46.8 Å². The second-order valence-electron chi connectivity index (χ2n) is 7.86. The molecule has 1 saturated heterocycles. The van der Waals surface area contributed by atoms with Gasteiger partial charge in [0, 0.05) is 32.2 Å². The Morgan fingerprint density at radius 2 is 2.00 bits per heavy atom. The number of nitrogens with zero attached hydrogens (tertiary/aromatic N) is 2. The van der Waals surface area contributed by atoms with Crippen molar-refractivity contribution >= 4 is 0 Å². The predicted octanol–water partition coefficient (Wildman–Crippen LogP) is 2.43. The molecule has 1 aliphatic carbocycles. The normalized spacial score (nSPS) is 27.0. The van der Waals surface area contributed by atoms with Crippen LogP contribution in [0.4, 0.5) is 0 Å². The van der Waals surface area contributed by atoms with E-state index >= 15 is 0 Å². The van der Waals surface area contributed by atoms with Crippen LogP contribution in [0.5, 0.6) is 0 Å². The monoisotopic (exact) mass is 281 g/mol. The lowest BCUT2D eigenvalue weighted by atomic mass is 9.85. The number of likely N-dealkylation sites (tertiary alicyclic amines) is 1. The van der Waals surface area contributed by atoms with Gasteiger partial charge in [0.25, 0.3) is 0 Å². The van der Waals surface area contributed by atoms with Gasteiger partial charge in [-0.2, -0.15) is 0 Å². The minimum absolute atomic E-state index is 0.545. The molecule has 1 aliphatic heterocycles. The Morgan fingerprint density at radius 3 is 2.55 bits per heavy atom.